The molecule has 214 valence electrons. The van der Waals surface area contributed by atoms with Gasteiger partial charge in [-0.05, 0) is 38.5 Å². The smallest absolute Gasteiger partial charge is 0.434 e. The number of rotatable bonds is 7. The lowest BCUT2D eigenvalue weighted by molar-refractivity contribution is -0.0507. The Morgan fingerprint density at radius 2 is 1.95 bits per heavy atom. The van der Waals surface area contributed by atoms with Gasteiger partial charge in [-0.3, -0.25) is 9.32 Å². The van der Waals surface area contributed by atoms with Crippen molar-refractivity contribution in [3.63, 3.8) is 0 Å². The molecule has 0 radical (unpaired) electrons. The van der Waals surface area contributed by atoms with Gasteiger partial charge in [0, 0.05) is 40.7 Å². The zero-order valence-corrected chi connectivity index (χ0v) is 22.3. The standard InChI is InChI=1S/C25H22F3N6O6P/c1-25(2,39-41(36,37)40-29)23-30-9-11(10-31-23)13-6-17-15(7-14(13)26)32-21-16-8-18(34(17)21)20-12(22(35)33-16)4-3-5-19(20)38-24(27)28/h3-7,9-10,16,18,24H,8,29H2,1-2H3,(H,33,35)(H,36,37)/t16?,18-/m1/s1. The first-order valence-corrected chi connectivity index (χ1v) is 13.7. The van der Waals surface area contributed by atoms with Crippen molar-refractivity contribution in [2.45, 2.75) is 44.6 Å². The summed E-state index contributed by atoms with van der Waals surface area (Å²) in [5.74, 6) is 4.05. The van der Waals surface area contributed by atoms with Crippen molar-refractivity contribution in [1.29, 1.82) is 0 Å². The number of amides is 1. The fourth-order valence-electron chi connectivity index (χ4n) is 5.38. The number of halogens is 3. The quantitative estimate of drug-likeness (QED) is 0.209. The predicted octanol–water partition coefficient (Wildman–Crippen LogP) is 4.25. The lowest BCUT2D eigenvalue weighted by atomic mass is 9.97. The van der Waals surface area contributed by atoms with Crippen LogP contribution in [-0.4, -0.2) is 36.9 Å². The van der Waals surface area contributed by atoms with Crippen LogP contribution in [0, 0.1) is 5.82 Å². The summed E-state index contributed by atoms with van der Waals surface area (Å²) in [6.07, 6.45) is 2.97. The second-order valence-electron chi connectivity index (χ2n) is 10.0. The fourth-order valence-corrected chi connectivity index (χ4v) is 6.08. The van der Waals surface area contributed by atoms with Gasteiger partial charge in [0.2, 0.25) is 0 Å². The average Bonchev–Trinajstić information content (AvgIpc) is 3.39. The molecule has 12 nitrogen and oxygen atoms in total. The Morgan fingerprint density at radius 1 is 1.22 bits per heavy atom. The molecule has 3 atom stereocenters. The number of phosphoric ester groups is 1. The average molecular weight is 590 g/mol. The number of benzene rings is 2. The van der Waals surface area contributed by atoms with E-state index in [-0.39, 0.29) is 33.8 Å². The van der Waals surface area contributed by atoms with Crippen molar-refractivity contribution in [1.82, 2.24) is 24.8 Å². The number of phosphoric acid groups is 1. The minimum atomic E-state index is -4.57. The summed E-state index contributed by atoms with van der Waals surface area (Å²) in [6, 6.07) is 6.01. The Kier molecular flexibility index (Phi) is 6.39. The fraction of sp³-hybridized carbons (Fsp3) is 0.280. The van der Waals surface area contributed by atoms with Crippen LogP contribution in [0.2, 0.25) is 0 Å². The normalized spacial score (nSPS) is 19.5. The number of nitrogens with zero attached hydrogens (tertiary/aromatic N) is 4. The predicted molar refractivity (Wildman–Crippen MR) is 136 cm³/mol. The molecule has 0 saturated heterocycles. The molecule has 2 unspecified atom stereocenters. The topological polar surface area (TPSA) is 164 Å². The third-order valence-electron chi connectivity index (χ3n) is 7.03. The van der Waals surface area contributed by atoms with Gasteiger partial charge in [-0.1, -0.05) is 6.07 Å². The summed E-state index contributed by atoms with van der Waals surface area (Å²) in [5, 5.41) is 2.88. The molecule has 2 bridgehead atoms. The first kappa shape index (κ1) is 27.3. The molecule has 6 rings (SSSR count). The molecule has 2 aromatic heterocycles. The van der Waals surface area contributed by atoms with Crippen molar-refractivity contribution in [3.8, 4) is 16.9 Å². The molecule has 2 aromatic carbocycles. The van der Waals surface area contributed by atoms with Gasteiger partial charge >= 0.3 is 14.4 Å². The van der Waals surface area contributed by atoms with Gasteiger partial charge in [0.25, 0.3) is 5.91 Å². The summed E-state index contributed by atoms with van der Waals surface area (Å²) in [7, 11) is -4.57. The molecular weight excluding hydrogens is 568 g/mol. The van der Waals surface area contributed by atoms with Gasteiger partial charge in [-0.25, -0.2) is 34.4 Å². The maximum Gasteiger partial charge on any atom is 0.489 e. The van der Waals surface area contributed by atoms with Crippen molar-refractivity contribution < 1.29 is 41.3 Å². The van der Waals surface area contributed by atoms with E-state index in [1.165, 1.54) is 50.5 Å². The number of hydrogen-bond donors (Lipinski definition) is 3. The molecule has 2 aliphatic rings. The Bertz CT molecular complexity index is 1750. The summed E-state index contributed by atoms with van der Waals surface area (Å²) >= 11 is 0. The van der Waals surface area contributed by atoms with Crippen LogP contribution in [0.5, 0.6) is 5.75 Å². The number of carbonyl (C=O) groups is 1. The molecule has 0 aliphatic carbocycles. The Labute approximate surface area is 229 Å². The van der Waals surface area contributed by atoms with E-state index in [4.69, 9.17) is 15.2 Å². The van der Waals surface area contributed by atoms with Crippen LogP contribution >= 0.6 is 7.82 Å². The maximum atomic E-state index is 15.3. The summed E-state index contributed by atoms with van der Waals surface area (Å²) in [4.78, 5) is 35.4. The second kappa shape index (κ2) is 9.60. The Hall–Kier alpha value is -3.88. The summed E-state index contributed by atoms with van der Waals surface area (Å²) < 4.78 is 69.2. The Morgan fingerprint density at radius 3 is 2.63 bits per heavy atom. The molecule has 2 aliphatic heterocycles. The highest BCUT2D eigenvalue weighted by molar-refractivity contribution is 7.47. The molecular formula is C25H22F3N6O6P. The van der Waals surface area contributed by atoms with Gasteiger partial charge < -0.3 is 19.5 Å². The van der Waals surface area contributed by atoms with E-state index < -0.39 is 43.8 Å². The van der Waals surface area contributed by atoms with Crippen LogP contribution in [-0.2, 0) is 19.3 Å². The number of alkyl halides is 2. The second-order valence-corrected chi connectivity index (χ2v) is 11.3. The van der Waals surface area contributed by atoms with E-state index in [2.05, 4.69) is 24.9 Å². The number of nitrogens with two attached hydrogens (primary N) is 1. The minimum Gasteiger partial charge on any atom is -0.434 e. The molecule has 0 fully saturated rings. The third-order valence-corrected chi connectivity index (χ3v) is 7.98. The number of carbonyl (C=O) groups excluding carboxylic acids is 1. The molecule has 4 heterocycles. The monoisotopic (exact) mass is 590 g/mol. The molecule has 4 N–H and O–H groups in total. The van der Waals surface area contributed by atoms with Gasteiger partial charge in [-0.2, -0.15) is 8.78 Å². The molecule has 0 spiro atoms. The highest BCUT2D eigenvalue weighted by Gasteiger charge is 2.42. The van der Waals surface area contributed by atoms with E-state index >= 15 is 4.39 Å². The highest BCUT2D eigenvalue weighted by Crippen LogP contribution is 2.49. The maximum absolute atomic E-state index is 15.3. The van der Waals surface area contributed by atoms with Gasteiger partial charge in [0.05, 0.1) is 23.1 Å². The first-order valence-electron chi connectivity index (χ1n) is 12.2. The van der Waals surface area contributed by atoms with Crippen LogP contribution in [0.15, 0.2) is 42.7 Å². The highest BCUT2D eigenvalue weighted by atomic mass is 31.2. The van der Waals surface area contributed by atoms with Crippen LogP contribution in [0.25, 0.3) is 22.2 Å². The van der Waals surface area contributed by atoms with Crippen LogP contribution in [0.3, 0.4) is 0 Å². The molecule has 16 heteroatoms. The molecule has 0 saturated carbocycles. The number of ether oxygens (including phenoxy) is 1. The zero-order valence-electron chi connectivity index (χ0n) is 21.4. The van der Waals surface area contributed by atoms with Crippen molar-refractivity contribution >= 4 is 24.8 Å². The first-order chi connectivity index (χ1) is 19.4. The number of hydrogen-bond acceptors (Lipinski definition) is 9. The van der Waals surface area contributed by atoms with Crippen molar-refractivity contribution in [2.75, 3.05) is 0 Å². The summed E-state index contributed by atoms with van der Waals surface area (Å²) in [5.41, 5.74) is 0.184. The number of aromatic nitrogens is 4. The van der Waals surface area contributed by atoms with Gasteiger partial charge in [-0.15, -0.1) is 0 Å². The molecule has 4 aromatic rings. The molecule has 1 amide bonds. The van der Waals surface area contributed by atoms with E-state index in [9.17, 15) is 23.0 Å². The van der Waals surface area contributed by atoms with Crippen molar-refractivity contribution in [3.05, 3.63) is 71.3 Å². The lowest BCUT2D eigenvalue weighted by Crippen LogP contribution is -2.28. The zero-order chi connectivity index (χ0) is 29.3. The Balaban J connectivity index is 1.44. The van der Waals surface area contributed by atoms with Crippen molar-refractivity contribution in [2.24, 2.45) is 5.90 Å². The number of fused-ring (bicyclic) bond motifs is 9. The number of imidazole rings is 1. The number of nitrogens with one attached hydrogen (secondary N) is 1. The summed E-state index contributed by atoms with van der Waals surface area (Å²) in [6.45, 7) is -0.250. The van der Waals surface area contributed by atoms with E-state index in [1.807, 2.05) is 0 Å². The van der Waals surface area contributed by atoms with E-state index in [0.29, 0.717) is 23.3 Å². The van der Waals surface area contributed by atoms with Crippen LogP contribution in [0.1, 0.15) is 59.9 Å². The van der Waals surface area contributed by atoms with Gasteiger partial charge in [0.15, 0.2) is 5.82 Å². The lowest BCUT2D eigenvalue weighted by Gasteiger charge is -2.24. The van der Waals surface area contributed by atoms with E-state index in [0.717, 1.165) is 0 Å². The van der Waals surface area contributed by atoms with Gasteiger partial charge in [0.1, 0.15) is 23.0 Å². The largest absolute Gasteiger partial charge is 0.489 e. The third kappa shape index (κ3) is 4.65. The van der Waals surface area contributed by atoms with Crippen LogP contribution in [0.4, 0.5) is 13.2 Å². The van der Waals surface area contributed by atoms with E-state index in [1.54, 1.807) is 10.6 Å². The molecule has 41 heavy (non-hydrogen) atoms. The minimum absolute atomic E-state index is 0.00302. The van der Waals surface area contributed by atoms with Crippen LogP contribution < -0.4 is 16.0 Å². The SMILES string of the molecule is CC(C)(OP(=O)(O)ON)c1ncc(-c2cc3c(cc2F)nc2n3[C@@H]3CC2NC(=O)c2cccc(OC(F)F)c23)cn1.